The number of nitrogens with zero attached hydrogens (tertiary/aromatic N) is 1. The zero-order chi connectivity index (χ0) is 19.7. The highest BCUT2D eigenvalue weighted by molar-refractivity contribution is 7.16. The van der Waals surface area contributed by atoms with Gasteiger partial charge in [-0.05, 0) is 43.3 Å². The van der Waals surface area contributed by atoms with E-state index in [9.17, 15) is 9.59 Å². The number of fused-ring (bicyclic) bond motifs is 1. The second-order valence-corrected chi connectivity index (χ2v) is 7.29. The lowest BCUT2D eigenvalue weighted by Crippen LogP contribution is -2.20. The largest absolute Gasteiger partial charge is 0.497 e. The van der Waals surface area contributed by atoms with Gasteiger partial charge in [-0.3, -0.25) is 10.1 Å². The Kier molecular flexibility index (Phi) is 4.67. The molecule has 6 nitrogen and oxygen atoms in total. The fraction of sp³-hybridized carbons (Fsp3) is 0.0952. The number of benzene rings is 2. The molecule has 2 aromatic carbocycles. The van der Waals surface area contributed by atoms with Gasteiger partial charge in [0.2, 0.25) is 0 Å². The lowest BCUT2D eigenvalue weighted by Gasteiger charge is -2.03. The Morgan fingerprint density at radius 3 is 2.64 bits per heavy atom. The van der Waals surface area contributed by atoms with E-state index < -0.39 is 11.5 Å². The third-order valence-electron chi connectivity index (χ3n) is 4.27. The van der Waals surface area contributed by atoms with Gasteiger partial charge in [0.25, 0.3) is 5.91 Å². The second kappa shape index (κ2) is 7.28. The molecule has 0 radical (unpaired) electrons. The van der Waals surface area contributed by atoms with Gasteiger partial charge in [0.1, 0.15) is 16.9 Å². The number of para-hydroxylation sites is 1. The molecule has 4 aromatic rings. The first-order valence-electron chi connectivity index (χ1n) is 8.51. The van der Waals surface area contributed by atoms with Crippen LogP contribution in [0.3, 0.4) is 0 Å². The first-order valence-corrected chi connectivity index (χ1v) is 9.33. The van der Waals surface area contributed by atoms with Gasteiger partial charge in [-0.15, -0.1) is 11.3 Å². The highest BCUT2D eigenvalue weighted by Gasteiger charge is 2.17. The van der Waals surface area contributed by atoms with Crippen molar-refractivity contribution in [2.75, 3.05) is 12.4 Å². The second-order valence-electron chi connectivity index (χ2n) is 6.09. The lowest BCUT2D eigenvalue weighted by molar-refractivity contribution is 0.102. The van der Waals surface area contributed by atoms with Crippen LogP contribution in [0.1, 0.15) is 15.2 Å². The highest BCUT2D eigenvalue weighted by Crippen LogP contribution is 2.31. The van der Waals surface area contributed by atoms with E-state index >= 15 is 0 Å². The number of aryl methyl sites for hydroxylation is 1. The van der Waals surface area contributed by atoms with Crippen molar-refractivity contribution in [1.82, 2.24) is 4.98 Å². The number of ether oxygens (including phenoxy) is 1. The van der Waals surface area contributed by atoms with Crippen LogP contribution >= 0.6 is 11.3 Å². The first kappa shape index (κ1) is 17.9. The van der Waals surface area contributed by atoms with Crippen molar-refractivity contribution in [3.05, 3.63) is 75.5 Å². The smallest absolute Gasteiger partial charge is 0.349 e. The summed E-state index contributed by atoms with van der Waals surface area (Å²) in [6, 6.07) is 16.1. The van der Waals surface area contributed by atoms with E-state index in [1.165, 1.54) is 17.4 Å². The minimum Gasteiger partial charge on any atom is -0.497 e. The normalized spacial score (nSPS) is 10.8. The average molecular weight is 392 g/mol. The maximum atomic E-state index is 12.6. The maximum absolute atomic E-state index is 12.6. The van der Waals surface area contributed by atoms with Crippen LogP contribution in [0.2, 0.25) is 0 Å². The molecule has 140 valence electrons. The maximum Gasteiger partial charge on any atom is 0.349 e. The number of nitrogens with one attached hydrogen (secondary N) is 1. The zero-order valence-electron chi connectivity index (χ0n) is 15.2. The molecule has 0 spiro atoms. The predicted octanol–water partition coefficient (Wildman–Crippen LogP) is 4.49. The molecule has 2 aromatic heterocycles. The van der Waals surface area contributed by atoms with Gasteiger partial charge in [-0.25, -0.2) is 9.78 Å². The molecule has 1 amide bonds. The standard InChI is InChI=1S/C21H16N2O4S/c1-12-18(13-7-9-15(26-2)10-8-13)22-21(28-12)23-19(24)16-11-14-5-3-4-6-17(14)27-20(16)25/h3-11H,1-2H3,(H,22,23,24). The summed E-state index contributed by atoms with van der Waals surface area (Å²) < 4.78 is 10.4. The number of rotatable bonds is 4. The van der Waals surface area contributed by atoms with E-state index in [0.717, 1.165) is 21.9 Å². The fourth-order valence-corrected chi connectivity index (χ4v) is 3.68. The molecule has 1 N–H and O–H groups in total. The van der Waals surface area contributed by atoms with Gasteiger partial charge in [-0.2, -0.15) is 0 Å². The number of amides is 1. The number of hydrogen-bond donors (Lipinski definition) is 1. The Morgan fingerprint density at radius 1 is 1.14 bits per heavy atom. The summed E-state index contributed by atoms with van der Waals surface area (Å²) in [5, 5.41) is 3.80. The Balaban J connectivity index is 1.62. The van der Waals surface area contributed by atoms with Gasteiger partial charge in [0, 0.05) is 15.8 Å². The quantitative estimate of drug-likeness (QED) is 0.518. The van der Waals surface area contributed by atoms with Crippen LogP contribution in [0, 0.1) is 6.92 Å². The third kappa shape index (κ3) is 3.39. The van der Waals surface area contributed by atoms with Crippen molar-refractivity contribution in [3.8, 4) is 17.0 Å². The van der Waals surface area contributed by atoms with E-state index in [4.69, 9.17) is 9.15 Å². The fourth-order valence-electron chi connectivity index (χ4n) is 2.85. The third-order valence-corrected chi connectivity index (χ3v) is 5.15. The van der Waals surface area contributed by atoms with Crippen molar-refractivity contribution >= 4 is 33.3 Å². The van der Waals surface area contributed by atoms with Crippen LogP contribution < -0.4 is 15.7 Å². The van der Waals surface area contributed by atoms with E-state index in [1.807, 2.05) is 37.3 Å². The van der Waals surface area contributed by atoms with Crippen LogP contribution in [0.5, 0.6) is 5.75 Å². The summed E-state index contributed by atoms with van der Waals surface area (Å²) in [7, 11) is 1.61. The zero-order valence-corrected chi connectivity index (χ0v) is 16.0. The predicted molar refractivity (Wildman–Crippen MR) is 109 cm³/mol. The van der Waals surface area contributed by atoms with Crippen molar-refractivity contribution < 1.29 is 13.9 Å². The van der Waals surface area contributed by atoms with E-state index in [2.05, 4.69) is 10.3 Å². The van der Waals surface area contributed by atoms with E-state index in [-0.39, 0.29) is 5.56 Å². The number of aromatic nitrogens is 1. The van der Waals surface area contributed by atoms with Crippen LogP contribution in [0.4, 0.5) is 5.13 Å². The van der Waals surface area contributed by atoms with Crippen molar-refractivity contribution in [1.29, 1.82) is 0 Å². The number of thiazole rings is 1. The molecule has 0 bridgehead atoms. The molecule has 4 rings (SSSR count). The lowest BCUT2D eigenvalue weighted by atomic mass is 10.1. The molecule has 2 heterocycles. The Hall–Kier alpha value is -3.45. The monoisotopic (exact) mass is 392 g/mol. The summed E-state index contributed by atoms with van der Waals surface area (Å²) >= 11 is 1.34. The topological polar surface area (TPSA) is 81.4 Å². The minimum atomic E-state index is -0.681. The van der Waals surface area contributed by atoms with Crippen LogP contribution in [-0.2, 0) is 0 Å². The van der Waals surface area contributed by atoms with Crippen molar-refractivity contribution in [2.45, 2.75) is 6.92 Å². The summed E-state index contributed by atoms with van der Waals surface area (Å²) in [6.45, 7) is 1.93. The van der Waals surface area contributed by atoms with Crippen LogP contribution in [-0.4, -0.2) is 18.0 Å². The SMILES string of the molecule is COc1ccc(-c2nc(NC(=O)c3cc4ccccc4oc3=O)sc2C)cc1. The summed E-state index contributed by atoms with van der Waals surface area (Å²) in [5.41, 5.74) is 1.39. The number of hydrogen-bond acceptors (Lipinski definition) is 6. The molecule has 0 aliphatic heterocycles. The number of methoxy groups -OCH3 is 1. The van der Waals surface area contributed by atoms with Gasteiger partial charge in [0.15, 0.2) is 5.13 Å². The average Bonchev–Trinajstić information content (AvgIpc) is 3.07. The van der Waals surface area contributed by atoms with Gasteiger partial charge in [0.05, 0.1) is 12.8 Å². The molecule has 0 fully saturated rings. The number of carbonyl (C=O) groups is 1. The molecule has 28 heavy (non-hydrogen) atoms. The van der Waals surface area contributed by atoms with Crippen LogP contribution in [0.25, 0.3) is 22.2 Å². The van der Waals surface area contributed by atoms with E-state index in [0.29, 0.717) is 16.1 Å². The van der Waals surface area contributed by atoms with Gasteiger partial charge >= 0.3 is 5.63 Å². The Morgan fingerprint density at radius 2 is 1.89 bits per heavy atom. The molecule has 0 saturated heterocycles. The Labute approximate surface area is 164 Å². The summed E-state index contributed by atoms with van der Waals surface area (Å²) in [6.07, 6.45) is 0. The molecular weight excluding hydrogens is 376 g/mol. The van der Waals surface area contributed by atoms with E-state index in [1.54, 1.807) is 25.3 Å². The molecular formula is C21H16N2O4S. The summed E-state index contributed by atoms with van der Waals surface area (Å²) in [4.78, 5) is 30.2. The summed E-state index contributed by atoms with van der Waals surface area (Å²) in [5.74, 6) is 0.211. The molecule has 0 atom stereocenters. The van der Waals surface area contributed by atoms with Gasteiger partial charge < -0.3 is 9.15 Å². The minimum absolute atomic E-state index is 0.0578. The first-order chi connectivity index (χ1) is 13.5. The van der Waals surface area contributed by atoms with Crippen molar-refractivity contribution in [3.63, 3.8) is 0 Å². The molecule has 0 aliphatic rings. The van der Waals surface area contributed by atoms with Crippen LogP contribution in [0.15, 0.2) is 63.8 Å². The van der Waals surface area contributed by atoms with Crippen molar-refractivity contribution in [2.24, 2.45) is 0 Å². The molecule has 0 unspecified atom stereocenters. The number of anilines is 1. The van der Waals surface area contributed by atoms with Gasteiger partial charge in [-0.1, -0.05) is 18.2 Å². The Bertz CT molecular complexity index is 1230. The molecule has 0 aliphatic carbocycles. The number of carbonyl (C=O) groups excluding carboxylic acids is 1. The molecule has 7 heteroatoms. The highest BCUT2D eigenvalue weighted by atomic mass is 32.1. The molecule has 0 saturated carbocycles.